The van der Waals surface area contributed by atoms with Crippen LogP contribution in [0.5, 0.6) is 5.75 Å². The molecule has 1 amide bonds. The Morgan fingerprint density at radius 3 is 2.75 bits per heavy atom. The number of ether oxygens (including phenoxy) is 2. The van der Waals surface area contributed by atoms with Gasteiger partial charge in [0.1, 0.15) is 11.4 Å². The molecule has 1 aromatic carbocycles. The normalized spacial score (nSPS) is 17.8. The van der Waals surface area contributed by atoms with Gasteiger partial charge in [-0.1, -0.05) is 12.1 Å². The number of nitriles is 1. The molecular formula is C22H23F2N5O3. The van der Waals surface area contributed by atoms with E-state index in [4.69, 9.17) is 10.1 Å². The van der Waals surface area contributed by atoms with Gasteiger partial charge in [0.15, 0.2) is 5.54 Å². The fourth-order valence-corrected chi connectivity index (χ4v) is 3.24. The van der Waals surface area contributed by atoms with Crippen LogP contribution in [0.3, 0.4) is 0 Å². The topological polar surface area (TPSA) is 120 Å². The number of nitrogens with one attached hydrogen (secondary N) is 3. The zero-order chi connectivity index (χ0) is 23.3. The molecule has 2 aromatic rings. The maximum atomic E-state index is 12.8. The zero-order valence-electron chi connectivity index (χ0n) is 17.6. The van der Waals surface area contributed by atoms with Crippen LogP contribution < -0.4 is 15.4 Å². The van der Waals surface area contributed by atoms with Crippen molar-refractivity contribution in [3.05, 3.63) is 53.3 Å². The third kappa shape index (κ3) is 5.36. The van der Waals surface area contributed by atoms with E-state index in [-0.39, 0.29) is 35.4 Å². The second-order valence-corrected chi connectivity index (χ2v) is 7.65. The lowest BCUT2D eigenvalue weighted by Crippen LogP contribution is -2.48. The number of hydrogen-bond donors (Lipinski definition) is 3. The summed E-state index contributed by atoms with van der Waals surface area (Å²) in [6, 6.07) is 9.39. The minimum absolute atomic E-state index is 0.0301. The molecule has 0 saturated carbocycles. The second-order valence-electron chi connectivity index (χ2n) is 7.65. The van der Waals surface area contributed by atoms with Crippen molar-refractivity contribution in [3.63, 3.8) is 0 Å². The van der Waals surface area contributed by atoms with Gasteiger partial charge < -0.3 is 20.1 Å². The third-order valence-electron chi connectivity index (χ3n) is 4.77. The Kier molecular flexibility index (Phi) is 7.00. The molecule has 0 unspecified atom stereocenters. The maximum absolute atomic E-state index is 12.8. The molecule has 0 spiro atoms. The molecule has 1 aliphatic heterocycles. The Bertz CT molecular complexity index is 1050. The van der Waals surface area contributed by atoms with Gasteiger partial charge in [-0.05, 0) is 32.0 Å². The van der Waals surface area contributed by atoms with Crippen LogP contribution in [0.25, 0.3) is 0 Å². The van der Waals surface area contributed by atoms with Crippen molar-refractivity contribution in [2.45, 2.75) is 38.5 Å². The molecule has 0 aliphatic carbocycles. The van der Waals surface area contributed by atoms with Crippen LogP contribution in [0.2, 0.25) is 0 Å². The Hall–Kier alpha value is -3.58. The van der Waals surface area contributed by atoms with E-state index >= 15 is 0 Å². The maximum Gasteiger partial charge on any atom is 0.387 e. The third-order valence-corrected chi connectivity index (χ3v) is 4.77. The van der Waals surface area contributed by atoms with Crippen LogP contribution in [0.1, 0.15) is 41.9 Å². The largest absolute Gasteiger partial charge is 0.435 e. The highest BCUT2D eigenvalue weighted by Gasteiger charge is 2.37. The number of carbonyl (C=O) groups excluding carboxylic acids is 1. The van der Waals surface area contributed by atoms with Crippen molar-refractivity contribution in [2.24, 2.45) is 0 Å². The Labute approximate surface area is 184 Å². The highest BCUT2D eigenvalue weighted by molar-refractivity contribution is 6.13. The fraction of sp³-hybridized carbons (Fsp3) is 0.364. The fourth-order valence-electron chi connectivity index (χ4n) is 3.24. The Morgan fingerprint density at radius 1 is 1.34 bits per heavy atom. The molecule has 32 heavy (non-hydrogen) atoms. The molecule has 168 valence electrons. The molecule has 2 heterocycles. The predicted molar refractivity (Wildman–Crippen MR) is 113 cm³/mol. The number of anilines is 1. The molecule has 0 bridgehead atoms. The molecule has 1 aliphatic rings. The average molecular weight is 443 g/mol. The van der Waals surface area contributed by atoms with Crippen LogP contribution in [0.4, 0.5) is 14.5 Å². The number of carbonyl (C=O) groups is 1. The summed E-state index contributed by atoms with van der Waals surface area (Å²) in [6.07, 6.45) is 1.70. The zero-order valence-corrected chi connectivity index (χ0v) is 17.6. The summed E-state index contributed by atoms with van der Waals surface area (Å²) >= 11 is 0. The number of benzene rings is 1. The van der Waals surface area contributed by atoms with E-state index in [1.807, 2.05) is 13.8 Å². The van der Waals surface area contributed by atoms with Gasteiger partial charge in [-0.2, -0.15) is 14.0 Å². The van der Waals surface area contributed by atoms with Crippen molar-refractivity contribution in [1.29, 1.82) is 10.7 Å². The van der Waals surface area contributed by atoms with Crippen LogP contribution in [0, 0.1) is 16.7 Å². The quantitative estimate of drug-likeness (QED) is 0.539. The SMILES string of the molecule is CC(C)Nc1cc(C(=O)N[C@]2(C#N)CCOC2)cnc1C(=N)c1cccc(OC(F)F)c1. The first-order chi connectivity index (χ1) is 15.2. The molecule has 1 fully saturated rings. The lowest BCUT2D eigenvalue weighted by molar-refractivity contribution is -0.0498. The van der Waals surface area contributed by atoms with Gasteiger partial charge in [0.2, 0.25) is 0 Å². The lowest BCUT2D eigenvalue weighted by Gasteiger charge is -2.21. The summed E-state index contributed by atoms with van der Waals surface area (Å²) in [5.74, 6) is -0.557. The highest BCUT2D eigenvalue weighted by Crippen LogP contribution is 2.24. The molecule has 1 saturated heterocycles. The molecule has 0 radical (unpaired) electrons. The first-order valence-electron chi connectivity index (χ1n) is 9.95. The molecule has 3 N–H and O–H groups in total. The predicted octanol–water partition coefficient (Wildman–Crippen LogP) is 3.33. The lowest BCUT2D eigenvalue weighted by atomic mass is 10.00. The number of pyridine rings is 1. The summed E-state index contributed by atoms with van der Waals surface area (Å²) in [7, 11) is 0. The number of halogens is 2. The first kappa shape index (κ1) is 23.1. The van der Waals surface area contributed by atoms with E-state index in [2.05, 4.69) is 26.4 Å². The van der Waals surface area contributed by atoms with Crippen molar-refractivity contribution in [3.8, 4) is 11.8 Å². The van der Waals surface area contributed by atoms with E-state index in [1.54, 1.807) is 12.1 Å². The van der Waals surface area contributed by atoms with Gasteiger partial charge in [0.05, 0.1) is 36.2 Å². The summed E-state index contributed by atoms with van der Waals surface area (Å²) in [4.78, 5) is 17.1. The van der Waals surface area contributed by atoms with E-state index in [0.717, 1.165) is 0 Å². The van der Waals surface area contributed by atoms with Crippen molar-refractivity contribution in [1.82, 2.24) is 10.3 Å². The van der Waals surface area contributed by atoms with Crippen LogP contribution in [0.15, 0.2) is 36.5 Å². The van der Waals surface area contributed by atoms with Gasteiger partial charge in [-0.15, -0.1) is 0 Å². The van der Waals surface area contributed by atoms with Gasteiger partial charge in [0, 0.05) is 24.2 Å². The highest BCUT2D eigenvalue weighted by atomic mass is 19.3. The Balaban J connectivity index is 1.91. The van der Waals surface area contributed by atoms with Crippen molar-refractivity contribution >= 4 is 17.3 Å². The molecule has 1 atom stereocenters. The minimum atomic E-state index is -2.98. The number of hydrogen-bond acceptors (Lipinski definition) is 7. The molecule has 10 heteroatoms. The number of amides is 1. The van der Waals surface area contributed by atoms with E-state index in [1.165, 1.54) is 24.4 Å². The molecular weight excluding hydrogens is 420 g/mol. The van der Waals surface area contributed by atoms with E-state index in [9.17, 15) is 18.8 Å². The van der Waals surface area contributed by atoms with E-state index < -0.39 is 18.1 Å². The molecule has 3 rings (SSSR count). The monoisotopic (exact) mass is 443 g/mol. The number of rotatable bonds is 8. The van der Waals surface area contributed by atoms with Gasteiger partial charge in [0.25, 0.3) is 5.91 Å². The summed E-state index contributed by atoms with van der Waals surface area (Å²) in [5, 5.41) is 23.9. The minimum Gasteiger partial charge on any atom is -0.435 e. The second kappa shape index (κ2) is 9.70. The number of nitrogens with zero attached hydrogens (tertiary/aromatic N) is 2. The molecule has 8 nitrogen and oxygen atoms in total. The summed E-state index contributed by atoms with van der Waals surface area (Å²) in [6.45, 7) is 1.29. The van der Waals surface area contributed by atoms with E-state index in [0.29, 0.717) is 24.3 Å². The molecule has 1 aromatic heterocycles. The van der Waals surface area contributed by atoms with Gasteiger partial charge in [-0.25, -0.2) is 0 Å². The summed E-state index contributed by atoms with van der Waals surface area (Å²) < 4.78 is 34.7. The van der Waals surface area contributed by atoms with Crippen LogP contribution in [-0.4, -0.2) is 48.0 Å². The summed E-state index contributed by atoms with van der Waals surface area (Å²) in [5.41, 5.74) is 0.0825. The van der Waals surface area contributed by atoms with Crippen molar-refractivity contribution < 1.29 is 23.0 Å². The standard InChI is InChI=1S/C22H23F2N5O3/c1-13(2)28-17-9-15(20(30)29-22(11-25)6-7-31-12-22)10-27-19(17)18(26)14-4-3-5-16(8-14)32-21(23)24/h3-5,8-10,13,21,26,28H,6-7,12H2,1-2H3,(H,29,30)/t22-/m0/s1. The van der Waals surface area contributed by atoms with Crippen molar-refractivity contribution in [2.75, 3.05) is 18.5 Å². The smallest absolute Gasteiger partial charge is 0.387 e. The Morgan fingerprint density at radius 2 is 2.12 bits per heavy atom. The van der Waals surface area contributed by atoms with Gasteiger partial charge in [-0.3, -0.25) is 15.2 Å². The number of alkyl halides is 2. The first-order valence-corrected chi connectivity index (χ1v) is 9.95. The average Bonchev–Trinajstić information content (AvgIpc) is 3.21. The number of aromatic nitrogens is 1. The van der Waals surface area contributed by atoms with Gasteiger partial charge >= 0.3 is 6.61 Å². The van der Waals surface area contributed by atoms with Crippen LogP contribution in [-0.2, 0) is 4.74 Å². The van der Waals surface area contributed by atoms with Crippen LogP contribution >= 0.6 is 0 Å².